The number of benzene rings is 1. The maximum atomic E-state index is 13.6. The first-order chi connectivity index (χ1) is 18.1. The van der Waals surface area contributed by atoms with Crippen LogP contribution in [0.1, 0.15) is 61.5 Å². The second-order valence-electron chi connectivity index (χ2n) is 10.9. The van der Waals surface area contributed by atoms with Crippen LogP contribution in [-0.4, -0.2) is 64.7 Å². The van der Waals surface area contributed by atoms with Gasteiger partial charge < -0.3 is 25.4 Å². The molecule has 3 amide bonds. The topological polar surface area (TPSA) is 133 Å². The lowest BCUT2D eigenvalue weighted by Crippen LogP contribution is -2.56. The van der Waals surface area contributed by atoms with Gasteiger partial charge in [0, 0.05) is 17.5 Å². The summed E-state index contributed by atoms with van der Waals surface area (Å²) in [4.78, 5) is 63.7. The van der Waals surface area contributed by atoms with E-state index >= 15 is 0 Å². The Kier molecular flexibility index (Phi) is 7.85. The molecule has 2 aliphatic carbocycles. The van der Waals surface area contributed by atoms with E-state index in [2.05, 4.69) is 35.8 Å². The van der Waals surface area contributed by atoms with Gasteiger partial charge in [0.1, 0.15) is 18.4 Å². The summed E-state index contributed by atoms with van der Waals surface area (Å²) >= 11 is 0. The number of rotatable bonds is 9. The van der Waals surface area contributed by atoms with Crippen molar-refractivity contribution < 1.29 is 29.1 Å². The van der Waals surface area contributed by atoms with Crippen molar-refractivity contribution in [2.75, 3.05) is 6.54 Å². The molecule has 38 heavy (non-hydrogen) atoms. The Morgan fingerprint density at radius 3 is 2.63 bits per heavy atom. The van der Waals surface area contributed by atoms with E-state index in [0.29, 0.717) is 31.2 Å². The number of aldehydes is 1. The first-order valence-electron chi connectivity index (χ1n) is 13.1. The number of carboxylic acids is 1. The highest BCUT2D eigenvalue weighted by Crippen LogP contribution is 2.47. The van der Waals surface area contributed by atoms with Crippen molar-refractivity contribution in [3.8, 4) is 0 Å². The molecule has 3 aliphatic rings. The number of allylic oxidation sites excluding steroid dienone is 4. The first-order valence-corrected chi connectivity index (χ1v) is 13.1. The summed E-state index contributed by atoms with van der Waals surface area (Å²) in [5.41, 5.74) is 2.48. The van der Waals surface area contributed by atoms with E-state index in [1.54, 1.807) is 6.07 Å². The van der Waals surface area contributed by atoms with Crippen molar-refractivity contribution in [1.82, 2.24) is 15.5 Å². The second-order valence-corrected chi connectivity index (χ2v) is 10.9. The quantitative estimate of drug-likeness (QED) is 0.427. The zero-order valence-electron chi connectivity index (χ0n) is 22.0. The van der Waals surface area contributed by atoms with Crippen LogP contribution in [0.25, 0.3) is 0 Å². The average molecular weight is 522 g/mol. The van der Waals surface area contributed by atoms with Crippen LogP contribution in [0.3, 0.4) is 0 Å². The lowest BCUT2D eigenvalue weighted by atomic mass is 9.74. The summed E-state index contributed by atoms with van der Waals surface area (Å²) < 4.78 is 0. The fraction of sp³-hybridized carbons (Fsp3) is 0.483. The van der Waals surface area contributed by atoms with Gasteiger partial charge in [0.2, 0.25) is 11.8 Å². The van der Waals surface area contributed by atoms with Gasteiger partial charge in [-0.25, -0.2) is 0 Å². The maximum Gasteiger partial charge on any atom is 0.305 e. The molecule has 1 aromatic carbocycles. The number of hydrogen-bond donors (Lipinski definition) is 3. The monoisotopic (exact) mass is 521 g/mol. The molecule has 3 unspecified atom stereocenters. The van der Waals surface area contributed by atoms with Crippen LogP contribution in [-0.2, 0) is 31.0 Å². The minimum Gasteiger partial charge on any atom is -0.481 e. The highest BCUT2D eigenvalue weighted by atomic mass is 16.4. The number of likely N-dealkylation sites (tertiary alicyclic amines) is 1. The van der Waals surface area contributed by atoms with E-state index in [0.717, 1.165) is 17.5 Å². The minimum atomic E-state index is -1.21. The first kappa shape index (κ1) is 27.3. The van der Waals surface area contributed by atoms with Crippen molar-refractivity contribution in [2.45, 2.75) is 70.0 Å². The lowest BCUT2D eigenvalue weighted by Gasteiger charge is -2.31. The molecular formula is C29H35N3O6. The molecule has 1 heterocycles. The van der Waals surface area contributed by atoms with Crippen LogP contribution >= 0.6 is 0 Å². The van der Waals surface area contributed by atoms with E-state index in [4.69, 9.17) is 5.11 Å². The normalized spacial score (nSPS) is 24.9. The van der Waals surface area contributed by atoms with Crippen LogP contribution in [0.2, 0.25) is 0 Å². The lowest BCUT2D eigenvalue weighted by molar-refractivity contribution is -0.142. The van der Waals surface area contributed by atoms with Gasteiger partial charge in [-0.3, -0.25) is 19.2 Å². The summed E-state index contributed by atoms with van der Waals surface area (Å²) in [6.07, 6.45) is 9.97. The molecule has 0 bridgehead atoms. The SMILES string of the molecule is CC(C)[C@H](NC(=O)c1cccc2c1CC1C=CC=CC21C)C(=O)N1CCCC1C(=O)N[C@H](C=O)CC(=O)O. The Bertz CT molecular complexity index is 1200. The average Bonchev–Trinajstić information content (AvgIpc) is 3.48. The summed E-state index contributed by atoms with van der Waals surface area (Å²) in [7, 11) is 0. The molecule has 3 N–H and O–H groups in total. The Labute approximate surface area is 222 Å². The Hall–Kier alpha value is -3.75. The maximum absolute atomic E-state index is 13.6. The molecule has 9 heteroatoms. The van der Waals surface area contributed by atoms with E-state index in [-0.39, 0.29) is 29.1 Å². The molecular weight excluding hydrogens is 486 g/mol. The Morgan fingerprint density at radius 2 is 1.95 bits per heavy atom. The van der Waals surface area contributed by atoms with Crippen LogP contribution in [0.15, 0.2) is 42.5 Å². The van der Waals surface area contributed by atoms with Crippen LogP contribution < -0.4 is 10.6 Å². The standard InChI is InChI=1S/C29H35N3O6/c1-17(2)25(28(38)32-13-7-11-23(32)27(37)30-19(16-33)15-24(34)35)31-26(36)20-9-6-10-22-21(20)14-18-8-4-5-12-29(18,22)3/h4-6,8-10,12,16-19,23,25H,7,11,13-15H2,1-3H3,(H,30,37)(H,31,36)(H,34,35)/t18?,19-,23?,25-,29?/m0/s1. The molecule has 9 nitrogen and oxygen atoms in total. The van der Waals surface area contributed by atoms with Gasteiger partial charge in [0.25, 0.3) is 5.91 Å². The molecule has 0 saturated carbocycles. The molecule has 0 aromatic heterocycles. The minimum absolute atomic E-state index is 0.177. The predicted molar refractivity (Wildman–Crippen MR) is 140 cm³/mol. The molecule has 1 aliphatic heterocycles. The van der Waals surface area contributed by atoms with Crippen molar-refractivity contribution >= 4 is 30.0 Å². The highest BCUT2D eigenvalue weighted by molar-refractivity contribution is 6.00. The molecule has 0 radical (unpaired) electrons. The predicted octanol–water partition coefficient (Wildman–Crippen LogP) is 2.15. The van der Waals surface area contributed by atoms with Gasteiger partial charge in [0.15, 0.2) is 0 Å². The van der Waals surface area contributed by atoms with E-state index in [1.165, 1.54) is 4.90 Å². The van der Waals surface area contributed by atoms with Gasteiger partial charge in [-0.2, -0.15) is 0 Å². The van der Waals surface area contributed by atoms with Gasteiger partial charge in [-0.05, 0) is 48.3 Å². The number of carboxylic acid groups (broad SMARTS) is 1. The molecule has 5 atom stereocenters. The molecule has 0 spiro atoms. The fourth-order valence-electron chi connectivity index (χ4n) is 5.91. The Balaban J connectivity index is 1.51. The second kappa shape index (κ2) is 10.9. The van der Waals surface area contributed by atoms with E-state index in [1.807, 2.05) is 32.1 Å². The summed E-state index contributed by atoms with van der Waals surface area (Å²) in [6.45, 7) is 6.18. The molecule has 1 fully saturated rings. The zero-order chi connectivity index (χ0) is 27.6. The number of hydrogen-bond acceptors (Lipinski definition) is 5. The van der Waals surface area contributed by atoms with Crippen molar-refractivity contribution in [2.24, 2.45) is 11.8 Å². The van der Waals surface area contributed by atoms with Crippen molar-refractivity contribution in [1.29, 1.82) is 0 Å². The third kappa shape index (κ3) is 5.14. The number of amides is 3. The Morgan fingerprint density at radius 1 is 1.18 bits per heavy atom. The van der Waals surface area contributed by atoms with E-state index in [9.17, 15) is 24.0 Å². The van der Waals surface area contributed by atoms with Crippen LogP contribution in [0.5, 0.6) is 0 Å². The smallest absolute Gasteiger partial charge is 0.305 e. The van der Waals surface area contributed by atoms with Gasteiger partial charge in [-0.1, -0.05) is 57.2 Å². The van der Waals surface area contributed by atoms with E-state index < -0.39 is 36.4 Å². The molecule has 202 valence electrons. The van der Waals surface area contributed by atoms with Crippen LogP contribution in [0.4, 0.5) is 0 Å². The number of aliphatic carboxylic acids is 1. The molecule has 4 rings (SSSR count). The van der Waals surface area contributed by atoms with Gasteiger partial charge in [0.05, 0.1) is 12.5 Å². The highest BCUT2D eigenvalue weighted by Gasteiger charge is 2.43. The third-order valence-corrected chi connectivity index (χ3v) is 8.04. The largest absolute Gasteiger partial charge is 0.481 e. The molecule has 1 aromatic rings. The summed E-state index contributed by atoms with van der Waals surface area (Å²) in [5.74, 6) is -2.46. The number of carbonyl (C=O) groups excluding carboxylic acids is 4. The van der Waals surface area contributed by atoms with Crippen LogP contribution in [0, 0.1) is 11.8 Å². The number of fused-ring (bicyclic) bond motifs is 3. The van der Waals surface area contributed by atoms with Gasteiger partial charge >= 0.3 is 5.97 Å². The number of nitrogens with zero attached hydrogens (tertiary/aromatic N) is 1. The van der Waals surface area contributed by atoms with Gasteiger partial charge in [-0.15, -0.1) is 0 Å². The number of carbonyl (C=O) groups is 5. The third-order valence-electron chi connectivity index (χ3n) is 8.04. The number of nitrogens with one attached hydrogen (secondary N) is 2. The van der Waals surface area contributed by atoms with Crippen molar-refractivity contribution in [3.63, 3.8) is 0 Å². The zero-order valence-corrected chi connectivity index (χ0v) is 22.0. The summed E-state index contributed by atoms with van der Waals surface area (Å²) in [5, 5.41) is 14.3. The summed E-state index contributed by atoms with van der Waals surface area (Å²) in [6, 6.07) is 2.87. The fourth-order valence-corrected chi connectivity index (χ4v) is 5.91. The molecule has 1 saturated heterocycles. The van der Waals surface area contributed by atoms with Crippen molar-refractivity contribution in [3.05, 3.63) is 59.2 Å².